The van der Waals surface area contributed by atoms with E-state index in [-0.39, 0.29) is 35.6 Å². The second-order valence-electron chi connectivity index (χ2n) is 18.2. The topological polar surface area (TPSA) is 0 Å². The quantitative estimate of drug-likeness (QED) is 0.156. The van der Waals surface area contributed by atoms with Crippen molar-refractivity contribution in [2.24, 2.45) is 0 Å². The van der Waals surface area contributed by atoms with E-state index in [1.165, 1.54) is 79.9 Å². The molecule has 0 heterocycles. The molecule has 0 spiro atoms. The molecule has 0 radical (unpaired) electrons. The van der Waals surface area contributed by atoms with Gasteiger partial charge in [0.05, 0.1) is 0 Å². The molecular formula is C53H56Cl2Zr. The Hall–Kier alpha value is -3.87. The van der Waals surface area contributed by atoms with Crippen molar-refractivity contribution in [2.45, 2.75) is 79.1 Å². The van der Waals surface area contributed by atoms with Gasteiger partial charge in [-0.25, -0.2) is 0 Å². The van der Waals surface area contributed by atoms with Crippen LogP contribution in [-0.4, -0.2) is 4.21 Å². The Balaban J connectivity index is 0.00000266. The van der Waals surface area contributed by atoms with Gasteiger partial charge in [0.15, 0.2) is 0 Å². The number of halogens is 2. The fourth-order valence-electron chi connectivity index (χ4n) is 9.78. The fourth-order valence-corrected chi connectivity index (χ4v) is 26.4. The molecule has 6 aromatic carbocycles. The molecule has 0 aromatic heterocycles. The molecule has 6 aromatic rings. The summed E-state index contributed by atoms with van der Waals surface area (Å²) in [7, 11) is 0. The zero-order valence-corrected chi connectivity index (χ0v) is 38.4. The minimum absolute atomic E-state index is 0. The molecule has 8 rings (SSSR count). The van der Waals surface area contributed by atoms with Crippen molar-refractivity contribution in [3.8, 4) is 33.4 Å². The third-order valence-electron chi connectivity index (χ3n) is 12.4. The first-order chi connectivity index (χ1) is 25.7. The van der Waals surface area contributed by atoms with Crippen LogP contribution < -0.4 is 9.81 Å². The van der Waals surface area contributed by atoms with Crippen molar-refractivity contribution < 1.29 is 18.3 Å². The first-order valence-electron chi connectivity index (χ1n) is 19.7. The maximum absolute atomic E-state index is 5.95. The first kappa shape index (κ1) is 41.8. The second kappa shape index (κ2) is 15.1. The average molecular weight is 855 g/mol. The van der Waals surface area contributed by atoms with E-state index in [0.29, 0.717) is 0 Å². The molecule has 0 atom stereocenters. The zero-order chi connectivity index (χ0) is 38.1. The van der Waals surface area contributed by atoms with Crippen LogP contribution in [0.15, 0.2) is 149 Å². The third kappa shape index (κ3) is 6.63. The molecule has 0 nitrogen and oxygen atoms in total. The Morgan fingerprint density at radius 2 is 1.09 bits per heavy atom. The number of fused-ring (bicyclic) bond motifs is 3. The third-order valence-corrected chi connectivity index (χ3v) is 28.7. The van der Waals surface area contributed by atoms with E-state index in [2.05, 4.69) is 201 Å². The molecule has 0 amide bonds. The van der Waals surface area contributed by atoms with E-state index < -0.39 is 18.3 Å². The molecule has 286 valence electrons. The average Bonchev–Trinajstić information content (AvgIpc) is 3.83. The zero-order valence-electron chi connectivity index (χ0n) is 34.3. The Bertz CT molecular complexity index is 2520. The van der Waals surface area contributed by atoms with E-state index in [1.54, 1.807) is 0 Å². The number of benzene rings is 6. The van der Waals surface area contributed by atoms with Crippen molar-refractivity contribution in [3.05, 3.63) is 182 Å². The maximum atomic E-state index is 5.95. The Kier molecular flexibility index (Phi) is 11.3. The second-order valence-corrected chi connectivity index (χ2v) is 31.0. The van der Waals surface area contributed by atoms with Crippen LogP contribution in [0.3, 0.4) is 0 Å². The molecule has 0 bridgehead atoms. The molecule has 0 N–H and O–H groups in total. The predicted molar refractivity (Wildman–Crippen MR) is 248 cm³/mol. The molecular weight excluding hydrogens is 799 g/mol. The molecule has 2 aliphatic rings. The number of hydrogen-bond donors (Lipinski definition) is 0. The molecule has 0 saturated carbocycles. The van der Waals surface area contributed by atoms with Crippen molar-refractivity contribution in [1.29, 1.82) is 0 Å². The summed E-state index contributed by atoms with van der Waals surface area (Å²) >= 11 is -5.16. The number of allylic oxidation sites excluding steroid dienone is 4. The van der Waals surface area contributed by atoms with Crippen LogP contribution in [0.5, 0.6) is 0 Å². The van der Waals surface area contributed by atoms with Gasteiger partial charge in [-0.05, 0) is 0 Å². The summed E-state index contributed by atoms with van der Waals surface area (Å²) in [6.45, 7) is 18.8. The molecule has 56 heavy (non-hydrogen) atoms. The van der Waals surface area contributed by atoms with Gasteiger partial charge in [0, 0.05) is 0 Å². The van der Waals surface area contributed by atoms with Gasteiger partial charge in [-0.15, -0.1) is 24.8 Å². The normalized spacial score (nSPS) is 13.7. The number of rotatable bonds is 6. The van der Waals surface area contributed by atoms with Crippen molar-refractivity contribution in [3.63, 3.8) is 0 Å². The van der Waals surface area contributed by atoms with Crippen LogP contribution in [0.1, 0.15) is 81.3 Å². The molecule has 0 fully saturated rings. The van der Waals surface area contributed by atoms with Gasteiger partial charge >= 0.3 is 327 Å². The summed E-state index contributed by atoms with van der Waals surface area (Å²) < 4.78 is 11.8. The molecule has 2 aliphatic carbocycles. The Morgan fingerprint density at radius 3 is 1.59 bits per heavy atom. The fraction of sp³-hybridized carbons (Fsp3) is 0.226. The summed E-state index contributed by atoms with van der Waals surface area (Å²) in [5.74, 6) is 0. The van der Waals surface area contributed by atoms with E-state index in [4.69, 9.17) is 4.21 Å². The van der Waals surface area contributed by atoms with Gasteiger partial charge in [0.2, 0.25) is 0 Å². The van der Waals surface area contributed by atoms with E-state index in [1.807, 2.05) is 0 Å². The van der Waals surface area contributed by atoms with Crippen LogP contribution in [-0.2, 0) is 35.5 Å². The van der Waals surface area contributed by atoms with Crippen LogP contribution in [0, 0.1) is 13.8 Å². The summed E-state index contributed by atoms with van der Waals surface area (Å²) in [4.78, 5) is 0. The van der Waals surface area contributed by atoms with Crippen molar-refractivity contribution >= 4 is 38.8 Å². The SMILES string of the molecule is Cl.Cl.[CH2]=[Zr]([C]1=CC=CC1)([c]1cccc(C)c1)([c]1cccc(C)c1)[c]1c2c(cc(C(C)(C)C)c1-c1ccccc1)-c1cc(C(C)(C)C)c(-c3ccccc3)cc1C2. The van der Waals surface area contributed by atoms with Gasteiger partial charge in [-0.3, -0.25) is 0 Å². The van der Waals surface area contributed by atoms with Gasteiger partial charge in [-0.2, -0.15) is 0 Å². The van der Waals surface area contributed by atoms with Crippen LogP contribution >= 0.6 is 24.8 Å². The number of hydrogen-bond acceptors (Lipinski definition) is 0. The van der Waals surface area contributed by atoms with E-state index in [0.717, 1.165) is 12.8 Å². The van der Waals surface area contributed by atoms with Crippen LogP contribution in [0.4, 0.5) is 0 Å². The minimum atomic E-state index is -5.16. The van der Waals surface area contributed by atoms with Crippen molar-refractivity contribution in [1.82, 2.24) is 0 Å². The van der Waals surface area contributed by atoms with Crippen LogP contribution in [0.2, 0.25) is 0 Å². The first-order valence-corrected chi connectivity index (χ1v) is 26.4. The summed E-state index contributed by atoms with van der Waals surface area (Å²) in [5.41, 5.74) is 16.2. The molecule has 0 aliphatic heterocycles. The van der Waals surface area contributed by atoms with E-state index in [9.17, 15) is 0 Å². The molecule has 0 unspecified atom stereocenters. The van der Waals surface area contributed by atoms with Gasteiger partial charge in [-0.1, -0.05) is 0 Å². The molecule has 3 heteroatoms. The monoisotopic (exact) mass is 852 g/mol. The molecule has 0 saturated heterocycles. The van der Waals surface area contributed by atoms with E-state index >= 15 is 0 Å². The Labute approximate surface area is 349 Å². The standard InChI is InChI=1S/C33H33.2C7H7.C5H5.CH2.2ClH.Zr/c1-32(2,3)30-20-26-24(18-28(30)22-13-9-7-10-14-22)17-25-19-29(23-15-11-8-12-16-23)31(21-27(25)26)33(4,5)6;2*1-7-5-3-2-4-6-7;1-2-4-5-3-1;;;;/h7-16,18,20-21H,17H2,1-6H3;2*2-3,5-6H,1H3;1-3H,4H2;1H2;2*1H;. The number of aryl methyl sites for hydroxylation is 2. The predicted octanol–water partition coefficient (Wildman–Crippen LogP) is 12.9. The summed E-state index contributed by atoms with van der Waals surface area (Å²) in [5, 5.41) is 0. The Morgan fingerprint density at radius 1 is 0.554 bits per heavy atom. The summed E-state index contributed by atoms with van der Waals surface area (Å²) in [6.07, 6.45) is 8.92. The van der Waals surface area contributed by atoms with Crippen LogP contribution in [0.25, 0.3) is 33.4 Å². The van der Waals surface area contributed by atoms with Gasteiger partial charge in [0.25, 0.3) is 0 Å². The summed E-state index contributed by atoms with van der Waals surface area (Å²) in [6, 6.07) is 49.0. The van der Waals surface area contributed by atoms with Gasteiger partial charge < -0.3 is 0 Å². The van der Waals surface area contributed by atoms with Crippen molar-refractivity contribution in [2.75, 3.05) is 0 Å². The van der Waals surface area contributed by atoms with Gasteiger partial charge in [0.1, 0.15) is 0 Å².